The summed E-state index contributed by atoms with van der Waals surface area (Å²) >= 11 is 0. The number of aryl methyl sites for hydroxylation is 1. The molecule has 0 saturated carbocycles. The molecule has 2 rings (SSSR count). The van der Waals surface area contributed by atoms with Crippen molar-refractivity contribution in [1.29, 1.82) is 0 Å². The number of aliphatic imine (C=N–C) groups is 1. The van der Waals surface area contributed by atoms with Crippen molar-refractivity contribution >= 4 is 41.5 Å². The van der Waals surface area contributed by atoms with Crippen LogP contribution in [0.15, 0.2) is 53.5 Å². The molecule has 0 aliphatic heterocycles. The topological polar surface area (TPSA) is 68.8 Å². The van der Waals surface area contributed by atoms with E-state index in [4.69, 9.17) is 0 Å². The molecule has 2 aromatic carbocycles. The molecule has 164 valence electrons. The van der Waals surface area contributed by atoms with Gasteiger partial charge in [0, 0.05) is 25.8 Å². The number of rotatable bonds is 8. The van der Waals surface area contributed by atoms with E-state index in [9.17, 15) is 4.79 Å². The van der Waals surface area contributed by atoms with E-state index in [1.165, 1.54) is 11.1 Å². The second-order valence-corrected chi connectivity index (χ2v) is 7.61. The zero-order chi connectivity index (χ0) is 21.2. The van der Waals surface area contributed by atoms with E-state index < -0.39 is 0 Å². The Morgan fingerprint density at radius 2 is 1.83 bits per heavy atom. The summed E-state index contributed by atoms with van der Waals surface area (Å²) in [7, 11) is 5.52. The van der Waals surface area contributed by atoms with Gasteiger partial charge in [-0.2, -0.15) is 0 Å². The Labute approximate surface area is 197 Å². The molecular weight excluding hydrogens is 489 g/mol. The number of amides is 1. The van der Waals surface area contributed by atoms with Crippen LogP contribution in [-0.4, -0.2) is 51.0 Å². The molecule has 30 heavy (non-hydrogen) atoms. The fraction of sp³-hybridized carbons (Fsp3) is 0.391. The lowest BCUT2D eigenvalue weighted by molar-refractivity contribution is -0.116. The summed E-state index contributed by atoms with van der Waals surface area (Å²) in [5.41, 5.74) is 4.46. The number of hydrogen-bond acceptors (Lipinski definition) is 3. The Bertz CT molecular complexity index is 838. The van der Waals surface area contributed by atoms with Crippen LogP contribution in [0.4, 0.5) is 5.69 Å². The number of anilines is 1. The summed E-state index contributed by atoms with van der Waals surface area (Å²) in [6, 6.07) is 16.4. The van der Waals surface area contributed by atoms with Crippen LogP contribution in [0.3, 0.4) is 0 Å². The maximum atomic E-state index is 11.9. The van der Waals surface area contributed by atoms with E-state index >= 15 is 0 Å². The Kier molecular flexibility index (Phi) is 11.4. The number of guanidine groups is 1. The molecule has 0 aliphatic carbocycles. The summed E-state index contributed by atoms with van der Waals surface area (Å²) in [5.74, 6) is 1.11. The molecule has 3 N–H and O–H groups in total. The molecule has 0 saturated heterocycles. The van der Waals surface area contributed by atoms with E-state index in [-0.39, 0.29) is 29.9 Å². The summed E-state index contributed by atoms with van der Waals surface area (Å²) in [5, 5.41) is 9.65. The van der Waals surface area contributed by atoms with Crippen molar-refractivity contribution in [2.45, 2.75) is 26.3 Å². The Hall–Kier alpha value is -2.13. The van der Waals surface area contributed by atoms with Crippen molar-refractivity contribution in [2.75, 3.05) is 39.5 Å². The van der Waals surface area contributed by atoms with Gasteiger partial charge in [0.05, 0.1) is 6.54 Å². The first-order valence-corrected chi connectivity index (χ1v) is 9.92. The maximum Gasteiger partial charge on any atom is 0.238 e. The second-order valence-electron chi connectivity index (χ2n) is 7.61. The lowest BCUT2D eigenvalue weighted by Crippen LogP contribution is -2.38. The zero-order valence-electron chi connectivity index (χ0n) is 18.5. The molecule has 0 fully saturated rings. The summed E-state index contributed by atoms with van der Waals surface area (Å²) in [4.78, 5) is 18.1. The maximum absolute atomic E-state index is 11.9. The van der Waals surface area contributed by atoms with Crippen LogP contribution in [0.5, 0.6) is 0 Å². The zero-order valence-corrected chi connectivity index (χ0v) is 20.9. The third-order valence-electron chi connectivity index (χ3n) is 4.54. The molecule has 0 aromatic heterocycles. The molecule has 0 radical (unpaired) electrons. The molecule has 0 bridgehead atoms. The van der Waals surface area contributed by atoms with E-state index in [0.717, 1.165) is 23.8 Å². The largest absolute Gasteiger partial charge is 0.356 e. The molecule has 6 nitrogen and oxygen atoms in total. The molecule has 0 spiro atoms. The van der Waals surface area contributed by atoms with Gasteiger partial charge in [-0.3, -0.25) is 9.79 Å². The number of nitrogens with one attached hydrogen (secondary N) is 3. The molecular formula is C23H34IN5O. The van der Waals surface area contributed by atoms with Gasteiger partial charge in [-0.25, -0.2) is 0 Å². The highest BCUT2D eigenvalue weighted by Crippen LogP contribution is 2.15. The van der Waals surface area contributed by atoms with Crippen molar-refractivity contribution in [1.82, 2.24) is 15.5 Å². The van der Waals surface area contributed by atoms with E-state index in [2.05, 4.69) is 59.1 Å². The van der Waals surface area contributed by atoms with Gasteiger partial charge in [-0.05, 0) is 50.2 Å². The minimum Gasteiger partial charge on any atom is -0.356 e. The Morgan fingerprint density at radius 3 is 2.50 bits per heavy atom. The average molecular weight is 523 g/mol. The smallest absolute Gasteiger partial charge is 0.238 e. The van der Waals surface area contributed by atoms with Crippen molar-refractivity contribution in [3.63, 3.8) is 0 Å². The standard InChI is InChI=1S/C23H33N5O.HI/c1-17-8-6-10-20(12-17)18(2)14-25-23(24-3)26-15-19-9-7-11-21(13-19)27-22(29)16-28(4)5;/h6-13,18H,14-16H2,1-5H3,(H,27,29)(H2,24,25,26);1H. The minimum atomic E-state index is -0.0253. The predicted molar refractivity (Wildman–Crippen MR) is 137 cm³/mol. The predicted octanol–water partition coefficient (Wildman–Crippen LogP) is 3.58. The van der Waals surface area contributed by atoms with Crippen LogP contribution < -0.4 is 16.0 Å². The quantitative estimate of drug-likeness (QED) is 0.281. The second kappa shape index (κ2) is 13.2. The van der Waals surface area contributed by atoms with Gasteiger partial charge < -0.3 is 20.9 Å². The molecule has 2 aromatic rings. The number of carbonyl (C=O) groups excluding carboxylic acids is 1. The van der Waals surface area contributed by atoms with Crippen LogP contribution in [0.1, 0.15) is 29.5 Å². The number of carbonyl (C=O) groups is 1. The molecule has 1 amide bonds. The van der Waals surface area contributed by atoms with Crippen LogP contribution >= 0.6 is 24.0 Å². The first-order valence-electron chi connectivity index (χ1n) is 9.92. The van der Waals surface area contributed by atoms with E-state index in [0.29, 0.717) is 19.0 Å². The molecule has 1 unspecified atom stereocenters. The first-order chi connectivity index (χ1) is 13.9. The number of benzene rings is 2. The number of nitrogens with zero attached hydrogens (tertiary/aromatic N) is 2. The van der Waals surface area contributed by atoms with Crippen LogP contribution in [0.2, 0.25) is 0 Å². The molecule has 1 atom stereocenters. The van der Waals surface area contributed by atoms with Gasteiger partial charge >= 0.3 is 0 Å². The van der Waals surface area contributed by atoms with Crippen molar-refractivity contribution in [3.8, 4) is 0 Å². The average Bonchev–Trinajstić information content (AvgIpc) is 2.67. The summed E-state index contributed by atoms with van der Waals surface area (Å²) < 4.78 is 0. The highest BCUT2D eigenvalue weighted by molar-refractivity contribution is 14.0. The fourth-order valence-electron chi connectivity index (χ4n) is 3.00. The summed E-state index contributed by atoms with van der Waals surface area (Å²) in [6.45, 7) is 6.09. The van der Waals surface area contributed by atoms with Crippen molar-refractivity contribution in [3.05, 3.63) is 65.2 Å². The fourth-order valence-corrected chi connectivity index (χ4v) is 3.00. The first kappa shape index (κ1) is 25.9. The highest BCUT2D eigenvalue weighted by Gasteiger charge is 2.08. The summed E-state index contributed by atoms with van der Waals surface area (Å²) in [6.07, 6.45) is 0. The highest BCUT2D eigenvalue weighted by atomic mass is 127. The van der Waals surface area contributed by atoms with Crippen molar-refractivity contribution < 1.29 is 4.79 Å². The van der Waals surface area contributed by atoms with Crippen LogP contribution in [0.25, 0.3) is 0 Å². The van der Waals surface area contributed by atoms with E-state index in [1.807, 2.05) is 43.3 Å². The normalized spacial score (nSPS) is 12.1. The van der Waals surface area contributed by atoms with Crippen LogP contribution in [-0.2, 0) is 11.3 Å². The van der Waals surface area contributed by atoms with Gasteiger partial charge in [0.15, 0.2) is 5.96 Å². The van der Waals surface area contributed by atoms with Gasteiger partial charge in [-0.1, -0.05) is 48.9 Å². The van der Waals surface area contributed by atoms with Crippen LogP contribution in [0, 0.1) is 6.92 Å². The van der Waals surface area contributed by atoms with Gasteiger partial charge in [0.2, 0.25) is 5.91 Å². The van der Waals surface area contributed by atoms with E-state index in [1.54, 1.807) is 7.05 Å². The molecule has 0 aliphatic rings. The van der Waals surface area contributed by atoms with Crippen molar-refractivity contribution in [2.24, 2.45) is 4.99 Å². The molecule has 7 heteroatoms. The third kappa shape index (κ3) is 9.13. The minimum absolute atomic E-state index is 0. The number of halogens is 1. The third-order valence-corrected chi connectivity index (χ3v) is 4.54. The van der Waals surface area contributed by atoms with Gasteiger partial charge in [0.25, 0.3) is 0 Å². The SMILES string of the molecule is CN=C(NCc1cccc(NC(=O)CN(C)C)c1)NCC(C)c1cccc(C)c1.I. The number of likely N-dealkylation sites (N-methyl/N-ethyl adjacent to an activating group) is 1. The van der Waals surface area contributed by atoms with Gasteiger partial charge in [0.1, 0.15) is 0 Å². The number of hydrogen-bond donors (Lipinski definition) is 3. The lowest BCUT2D eigenvalue weighted by atomic mass is 9.99. The lowest BCUT2D eigenvalue weighted by Gasteiger charge is -2.17. The van der Waals surface area contributed by atoms with Gasteiger partial charge in [-0.15, -0.1) is 24.0 Å². The monoisotopic (exact) mass is 523 g/mol. The Balaban J connectivity index is 0.00000450. The Morgan fingerprint density at radius 1 is 1.10 bits per heavy atom. The molecule has 0 heterocycles.